The SMILES string of the molecule is Cc1c(NC(=S)Nc2ccn(Cc3c(F)c(F)cc(F)c3F)n2)cnn1C. The second kappa shape index (κ2) is 7.35. The fourth-order valence-corrected chi connectivity index (χ4v) is 2.55. The molecule has 0 spiro atoms. The van der Waals surface area contributed by atoms with Crippen LogP contribution in [0.25, 0.3) is 0 Å². The highest BCUT2D eigenvalue weighted by molar-refractivity contribution is 7.80. The molecule has 0 unspecified atom stereocenters. The second-order valence-corrected chi connectivity index (χ2v) is 6.10. The van der Waals surface area contributed by atoms with Crippen molar-refractivity contribution in [3.63, 3.8) is 0 Å². The van der Waals surface area contributed by atoms with Crippen LogP contribution in [0.3, 0.4) is 0 Å². The second-order valence-electron chi connectivity index (χ2n) is 5.69. The molecular weight excluding hydrogens is 384 g/mol. The summed E-state index contributed by atoms with van der Waals surface area (Å²) in [4.78, 5) is 0. The van der Waals surface area contributed by atoms with Gasteiger partial charge in [-0.25, -0.2) is 17.6 Å². The molecule has 27 heavy (non-hydrogen) atoms. The van der Waals surface area contributed by atoms with Crippen molar-refractivity contribution in [2.24, 2.45) is 7.05 Å². The minimum absolute atomic E-state index is 0.161. The topological polar surface area (TPSA) is 59.7 Å². The maximum atomic E-state index is 13.8. The van der Waals surface area contributed by atoms with E-state index in [0.717, 1.165) is 10.4 Å². The summed E-state index contributed by atoms with van der Waals surface area (Å²) in [5.74, 6) is -5.56. The number of nitrogens with one attached hydrogen (secondary N) is 2. The highest BCUT2D eigenvalue weighted by Gasteiger charge is 2.19. The van der Waals surface area contributed by atoms with Crippen LogP contribution in [-0.4, -0.2) is 24.7 Å². The molecule has 0 saturated carbocycles. The maximum Gasteiger partial charge on any atom is 0.176 e. The largest absolute Gasteiger partial charge is 0.330 e. The van der Waals surface area contributed by atoms with Gasteiger partial charge in [-0.1, -0.05) is 0 Å². The summed E-state index contributed by atoms with van der Waals surface area (Å²) < 4.78 is 56.9. The highest BCUT2D eigenvalue weighted by Crippen LogP contribution is 2.20. The molecule has 0 fully saturated rings. The van der Waals surface area contributed by atoms with Crippen LogP contribution in [-0.2, 0) is 13.6 Å². The number of rotatable bonds is 4. The van der Waals surface area contributed by atoms with Gasteiger partial charge in [0.1, 0.15) is 0 Å². The minimum Gasteiger partial charge on any atom is -0.330 e. The predicted molar refractivity (Wildman–Crippen MR) is 95.4 cm³/mol. The Labute approximate surface area is 156 Å². The Morgan fingerprint density at radius 1 is 1.15 bits per heavy atom. The molecule has 2 aromatic heterocycles. The van der Waals surface area contributed by atoms with Crippen molar-refractivity contribution >= 4 is 28.8 Å². The van der Waals surface area contributed by atoms with Gasteiger partial charge in [0, 0.05) is 25.4 Å². The third-order valence-corrected chi connectivity index (χ3v) is 4.09. The van der Waals surface area contributed by atoms with Gasteiger partial charge in [0.15, 0.2) is 34.2 Å². The van der Waals surface area contributed by atoms with Crippen LogP contribution in [0.4, 0.5) is 29.1 Å². The molecular formula is C16H14F4N6S. The average molecular weight is 398 g/mol. The van der Waals surface area contributed by atoms with E-state index >= 15 is 0 Å². The van der Waals surface area contributed by atoms with E-state index in [1.54, 1.807) is 17.9 Å². The van der Waals surface area contributed by atoms with Gasteiger partial charge in [0.25, 0.3) is 0 Å². The molecule has 2 heterocycles. The molecule has 11 heteroatoms. The third-order valence-electron chi connectivity index (χ3n) is 3.89. The smallest absolute Gasteiger partial charge is 0.176 e. The lowest BCUT2D eigenvalue weighted by molar-refractivity contribution is 0.431. The van der Waals surface area contributed by atoms with Crippen LogP contribution in [0.1, 0.15) is 11.3 Å². The van der Waals surface area contributed by atoms with E-state index in [4.69, 9.17) is 12.2 Å². The van der Waals surface area contributed by atoms with Crippen molar-refractivity contribution in [1.29, 1.82) is 0 Å². The van der Waals surface area contributed by atoms with Crippen LogP contribution >= 0.6 is 12.2 Å². The third kappa shape index (κ3) is 3.92. The number of benzene rings is 1. The fraction of sp³-hybridized carbons (Fsp3) is 0.188. The Morgan fingerprint density at radius 3 is 2.41 bits per heavy atom. The zero-order chi connectivity index (χ0) is 19.7. The van der Waals surface area contributed by atoms with Crippen LogP contribution in [0.5, 0.6) is 0 Å². The van der Waals surface area contributed by atoms with Gasteiger partial charge < -0.3 is 10.6 Å². The molecule has 3 aromatic rings. The first-order valence-electron chi connectivity index (χ1n) is 7.68. The monoisotopic (exact) mass is 398 g/mol. The minimum atomic E-state index is -1.47. The van der Waals surface area contributed by atoms with Crippen molar-refractivity contribution in [3.05, 3.63) is 59.1 Å². The lowest BCUT2D eigenvalue weighted by atomic mass is 10.2. The van der Waals surface area contributed by atoms with Crippen molar-refractivity contribution < 1.29 is 17.6 Å². The van der Waals surface area contributed by atoms with Crippen LogP contribution in [0, 0.1) is 30.2 Å². The molecule has 0 radical (unpaired) electrons. The summed E-state index contributed by atoms with van der Waals surface area (Å²) in [6, 6.07) is 1.66. The van der Waals surface area contributed by atoms with Gasteiger partial charge in [-0.05, 0) is 19.1 Å². The Bertz CT molecular complexity index is 987. The Balaban J connectivity index is 1.71. The lowest BCUT2D eigenvalue weighted by Gasteiger charge is -2.09. The van der Waals surface area contributed by atoms with E-state index < -0.39 is 35.4 Å². The van der Waals surface area contributed by atoms with E-state index in [0.29, 0.717) is 5.69 Å². The molecule has 0 aliphatic rings. The molecule has 0 aliphatic heterocycles. The summed E-state index contributed by atoms with van der Waals surface area (Å²) in [5.41, 5.74) is 0.811. The van der Waals surface area contributed by atoms with E-state index in [-0.39, 0.29) is 17.0 Å². The van der Waals surface area contributed by atoms with Crippen molar-refractivity contribution in [2.75, 3.05) is 10.6 Å². The molecule has 0 aliphatic carbocycles. The average Bonchev–Trinajstić information content (AvgIpc) is 3.18. The van der Waals surface area contributed by atoms with Crippen LogP contribution in [0.15, 0.2) is 24.5 Å². The molecule has 2 N–H and O–H groups in total. The van der Waals surface area contributed by atoms with Gasteiger partial charge in [-0.3, -0.25) is 9.36 Å². The standard InChI is InChI=1S/C16H14F4N6S/c1-8-12(6-21-25(8)2)22-16(27)23-13-3-4-26(24-13)7-9-14(19)10(17)5-11(18)15(9)20/h3-6H,7H2,1-2H3,(H2,22,23,24,27). The molecule has 0 bridgehead atoms. The van der Waals surface area contributed by atoms with Crippen molar-refractivity contribution in [1.82, 2.24) is 19.6 Å². The summed E-state index contributed by atoms with van der Waals surface area (Å²) >= 11 is 5.17. The van der Waals surface area contributed by atoms with E-state index in [1.165, 1.54) is 12.3 Å². The Morgan fingerprint density at radius 2 is 1.81 bits per heavy atom. The number of thiocarbonyl (C=S) groups is 1. The molecule has 6 nitrogen and oxygen atoms in total. The van der Waals surface area contributed by atoms with E-state index in [2.05, 4.69) is 20.8 Å². The first-order chi connectivity index (χ1) is 12.8. The summed E-state index contributed by atoms with van der Waals surface area (Å²) in [6.45, 7) is 1.36. The fourth-order valence-electron chi connectivity index (χ4n) is 2.33. The number of halogens is 4. The van der Waals surface area contributed by atoms with Crippen LogP contribution < -0.4 is 10.6 Å². The Kier molecular flexibility index (Phi) is 5.13. The molecule has 0 saturated heterocycles. The zero-order valence-corrected chi connectivity index (χ0v) is 15.0. The van der Waals surface area contributed by atoms with E-state index in [1.807, 2.05) is 6.92 Å². The summed E-state index contributed by atoms with van der Waals surface area (Å²) in [6.07, 6.45) is 2.99. The highest BCUT2D eigenvalue weighted by atomic mass is 32.1. The number of aryl methyl sites for hydroxylation is 1. The van der Waals surface area contributed by atoms with E-state index in [9.17, 15) is 17.6 Å². The van der Waals surface area contributed by atoms with Gasteiger partial charge in [-0.15, -0.1) is 0 Å². The molecule has 0 atom stereocenters. The summed E-state index contributed by atoms with van der Waals surface area (Å²) in [5, 5.41) is 14.1. The van der Waals surface area contributed by atoms with Crippen molar-refractivity contribution in [3.8, 4) is 0 Å². The Hall–Kier alpha value is -2.95. The maximum absolute atomic E-state index is 13.8. The van der Waals surface area contributed by atoms with Gasteiger partial charge in [-0.2, -0.15) is 10.2 Å². The molecule has 3 rings (SSSR count). The molecule has 0 amide bonds. The summed E-state index contributed by atoms with van der Waals surface area (Å²) in [7, 11) is 1.78. The van der Waals surface area contributed by atoms with Crippen molar-refractivity contribution in [2.45, 2.75) is 13.5 Å². The first kappa shape index (κ1) is 18.8. The quantitative estimate of drug-likeness (QED) is 0.401. The van der Waals surface area contributed by atoms with Gasteiger partial charge >= 0.3 is 0 Å². The number of anilines is 2. The normalized spacial score (nSPS) is 10.9. The molecule has 142 valence electrons. The number of hydrogen-bond donors (Lipinski definition) is 2. The zero-order valence-electron chi connectivity index (χ0n) is 14.2. The van der Waals surface area contributed by atoms with Gasteiger partial charge in [0.2, 0.25) is 0 Å². The lowest BCUT2D eigenvalue weighted by Crippen LogP contribution is -2.20. The predicted octanol–water partition coefficient (Wildman–Crippen LogP) is 3.34. The van der Waals surface area contributed by atoms with Crippen LogP contribution in [0.2, 0.25) is 0 Å². The molecule has 1 aromatic carbocycles. The number of nitrogens with zero attached hydrogens (tertiary/aromatic N) is 4. The number of hydrogen-bond acceptors (Lipinski definition) is 3. The number of aromatic nitrogens is 4. The first-order valence-corrected chi connectivity index (χ1v) is 8.09. The van der Waals surface area contributed by atoms with Gasteiger partial charge in [0.05, 0.1) is 29.7 Å².